The molecular formula is C13H13ClN4. The fourth-order valence-corrected chi connectivity index (χ4v) is 2.16. The molecule has 5 heteroatoms. The first-order valence-electron chi connectivity index (χ1n) is 5.81. The standard InChI is InChI=1S/C13H13ClN4/c1-7(15-2)13-17-10-5-4-9-8(12(10)18-13)3-6-11(14)16-9/h3-7,15-16H,1-2H3. The van der Waals surface area contributed by atoms with Crippen LogP contribution in [0.15, 0.2) is 24.3 Å². The molecule has 1 atom stereocenters. The van der Waals surface area contributed by atoms with Crippen LogP contribution in [0.3, 0.4) is 0 Å². The van der Waals surface area contributed by atoms with Crippen molar-refractivity contribution in [1.29, 1.82) is 0 Å². The Kier molecular flexibility index (Phi) is 2.69. The van der Waals surface area contributed by atoms with E-state index in [0.717, 1.165) is 27.8 Å². The van der Waals surface area contributed by atoms with Gasteiger partial charge in [0.1, 0.15) is 16.5 Å². The molecule has 0 bridgehead atoms. The van der Waals surface area contributed by atoms with E-state index in [1.165, 1.54) is 0 Å². The van der Waals surface area contributed by atoms with Gasteiger partial charge >= 0.3 is 0 Å². The third kappa shape index (κ3) is 1.74. The Morgan fingerprint density at radius 3 is 2.83 bits per heavy atom. The lowest BCUT2D eigenvalue weighted by atomic mass is 10.2. The van der Waals surface area contributed by atoms with Gasteiger partial charge in [0.2, 0.25) is 0 Å². The first-order valence-corrected chi connectivity index (χ1v) is 6.19. The quantitative estimate of drug-likeness (QED) is 0.697. The molecule has 0 aliphatic heterocycles. The Morgan fingerprint density at radius 1 is 1.22 bits per heavy atom. The van der Waals surface area contributed by atoms with Crippen molar-refractivity contribution in [2.24, 2.45) is 0 Å². The average Bonchev–Trinajstić information content (AvgIpc) is 2.81. The van der Waals surface area contributed by atoms with Crippen LogP contribution in [0.1, 0.15) is 18.8 Å². The Hall–Kier alpha value is -1.65. The number of hydrogen-bond acceptors (Lipinski definition) is 3. The van der Waals surface area contributed by atoms with Crippen molar-refractivity contribution in [1.82, 2.24) is 20.3 Å². The molecule has 0 spiro atoms. The second kappa shape index (κ2) is 4.23. The normalized spacial score (nSPS) is 13.3. The summed E-state index contributed by atoms with van der Waals surface area (Å²) in [5.74, 6) is 0.815. The molecule has 0 amide bonds. The second-order valence-corrected chi connectivity index (χ2v) is 4.70. The van der Waals surface area contributed by atoms with E-state index in [1.54, 1.807) is 0 Å². The maximum Gasteiger partial charge on any atom is 0.146 e. The van der Waals surface area contributed by atoms with Crippen LogP contribution in [0.2, 0.25) is 5.15 Å². The van der Waals surface area contributed by atoms with Crippen LogP contribution in [0.5, 0.6) is 0 Å². The molecule has 2 N–H and O–H groups in total. The van der Waals surface area contributed by atoms with E-state index in [0.29, 0.717) is 5.15 Å². The first-order chi connectivity index (χ1) is 8.69. The number of nitrogens with zero attached hydrogens (tertiary/aromatic N) is 2. The van der Waals surface area contributed by atoms with Gasteiger partial charge in [-0.15, -0.1) is 0 Å². The molecule has 3 rings (SSSR count). The van der Waals surface area contributed by atoms with Gasteiger partial charge in [-0.25, -0.2) is 9.97 Å². The van der Waals surface area contributed by atoms with Crippen molar-refractivity contribution in [3.63, 3.8) is 0 Å². The maximum atomic E-state index is 5.95. The van der Waals surface area contributed by atoms with Crippen molar-refractivity contribution in [3.05, 3.63) is 35.2 Å². The van der Waals surface area contributed by atoms with E-state index < -0.39 is 0 Å². The minimum atomic E-state index is 0.142. The Bertz CT molecular complexity index is 719. The number of hydrogen-bond donors (Lipinski definition) is 2. The van der Waals surface area contributed by atoms with Gasteiger partial charge in [0.15, 0.2) is 0 Å². The zero-order valence-corrected chi connectivity index (χ0v) is 10.9. The predicted octanol–water partition coefficient (Wildman–Crippen LogP) is 3.04. The van der Waals surface area contributed by atoms with Gasteiger partial charge in [-0.05, 0) is 38.2 Å². The molecule has 0 aliphatic rings. The summed E-state index contributed by atoms with van der Waals surface area (Å²) in [4.78, 5) is 12.3. The minimum absolute atomic E-state index is 0.142. The summed E-state index contributed by atoms with van der Waals surface area (Å²) in [6.07, 6.45) is 0. The summed E-state index contributed by atoms with van der Waals surface area (Å²) >= 11 is 5.95. The predicted molar refractivity (Wildman–Crippen MR) is 73.9 cm³/mol. The van der Waals surface area contributed by atoms with Crippen LogP contribution in [-0.2, 0) is 0 Å². The molecule has 0 fully saturated rings. The highest BCUT2D eigenvalue weighted by molar-refractivity contribution is 6.30. The van der Waals surface area contributed by atoms with E-state index in [1.807, 2.05) is 38.2 Å². The lowest BCUT2D eigenvalue weighted by Crippen LogP contribution is -2.13. The topological polar surface area (TPSA) is 53.6 Å². The summed E-state index contributed by atoms with van der Waals surface area (Å²) in [6.45, 7) is 2.04. The number of aromatic amines is 1. The summed E-state index contributed by atoms with van der Waals surface area (Å²) in [5, 5.41) is 4.80. The van der Waals surface area contributed by atoms with E-state index in [2.05, 4.69) is 20.3 Å². The molecule has 4 nitrogen and oxygen atoms in total. The summed E-state index contributed by atoms with van der Waals surface area (Å²) in [6, 6.07) is 7.89. The SMILES string of the molecule is CNC(C)c1nc2ccc3[nH]c(Cl)ccc3c2n1. The smallest absolute Gasteiger partial charge is 0.146 e. The van der Waals surface area contributed by atoms with Crippen LogP contribution in [-0.4, -0.2) is 22.0 Å². The van der Waals surface area contributed by atoms with Crippen LogP contribution in [0.4, 0.5) is 0 Å². The molecule has 2 heterocycles. The van der Waals surface area contributed by atoms with E-state index in [-0.39, 0.29) is 6.04 Å². The zero-order chi connectivity index (χ0) is 12.7. The summed E-state index contributed by atoms with van der Waals surface area (Å²) < 4.78 is 0. The third-order valence-electron chi connectivity index (χ3n) is 3.13. The number of fused-ring (bicyclic) bond motifs is 3. The van der Waals surface area contributed by atoms with Crippen molar-refractivity contribution in [2.75, 3.05) is 7.05 Å². The number of nitrogens with one attached hydrogen (secondary N) is 2. The van der Waals surface area contributed by atoms with Gasteiger partial charge in [-0.3, -0.25) is 0 Å². The molecule has 0 radical (unpaired) electrons. The molecule has 1 unspecified atom stereocenters. The van der Waals surface area contributed by atoms with Gasteiger partial charge < -0.3 is 10.3 Å². The molecule has 0 saturated heterocycles. The third-order valence-corrected chi connectivity index (χ3v) is 3.35. The Balaban J connectivity index is 2.30. The number of pyridine rings is 1. The van der Waals surface area contributed by atoms with Gasteiger partial charge in [0.05, 0.1) is 11.6 Å². The first kappa shape index (κ1) is 11.4. The molecule has 18 heavy (non-hydrogen) atoms. The molecule has 1 aromatic carbocycles. The van der Waals surface area contributed by atoms with E-state index in [9.17, 15) is 0 Å². The molecular weight excluding hydrogens is 248 g/mol. The molecule has 0 aliphatic carbocycles. The van der Waals surface area contributed by atoms with E-state index in [4.69, 9.17) is 11.6 Å². The Labute approximate surface area is 109 Å². The maximum absolute atomic E-state index is 5.95. The van der Waals surface area contributed by atoms with Crippen molar-refractivity contribution in [3.8, 4) is 0 Å². The van der Waals surface area contributed by atoms with Gasteiger partial charge in [0, 0.05) is 10.9 Å². The number of imidazole rings is 1. The molecule has 3 aromatic rings. The zero-order valence-electron chi connectivity index (χ0n) is 10.2. The van der Waals surface area contributed by atoms with Crippen molar-refractivity contribution >= 4 is 33.5 Å². The minimum Gasteiger partial charge on any atom is -0.346 e. The van der Waals surface area contributed by atoms with Crippen LogP contribution in [0.25, 0.3) is 21.9 Å². The summed E-state index contributed by atoms with van der Waals surface area (Å²) in [5.41, 5.74) is 2.80. The van der Waals surface area contributed by atoms with Crippen LogP contribution >= 0.6 is 11.6 Å². The fourth-order valence-electron chi connectivity index (χ4n) is 1.99. The number of halogens is 1. The van der Waals surface area contributed by atoms with E-state index >= 15 is 0 Å². The molecule has 2 aromatic heterocycles. The lowest BCUT2D eigenvalue weighted by molar-refractivity contribution is 0.620. The van der Waals surface area contributed by atoms with Crippen LogP contribution in [0, 0.1) is 0 Å². The van der Waals surface area contributed by atoms with Gasteiger partial charge in [-0.2, -0.15) is 0 Å². The van der Waals surface area contributed by atoms with Gasteiger partial charge in [-0.1, -0.05) is 11.6 Å². The highest BCUT2D eigenvalue weighted by Crippen LogP contribution is 2.25. The molecule has 0 saturated carbocycles. The fraction of sp³-hybridized carbons (Fsp3) is 0.231. The lowest BCUT2D eigenvalue weighted by Gasteiger charge is -2.03. The highest BCUT2D eigenvalue weighted by Gasteiger charge is 2.12. The van der Waals surface area contributed by atoms with Crippen LogP contribution < -0.4 is 5.32 Å². The monoisotopic (exact) mass is 260 g/mol. The second-order valence-electron chi connectivity index (χ2n) is 4.29. The average molecular weight is 261 g/mol. The highest BCUT2D eigenvalue weighted by atomic mass is 35.5. The molecule has 92 valence electrons. The number of H-pyrrole nitrogens is 1. The van der Waals surface area contributed by atoms with Gasteiger partial charge in [0.25, 0.3) is 0 Å². The Morgan fingerprint density at radius 2 is 2.06 bits per heavy atom. The van der Waals surface area contributed by atoms with Crippen molar-refractivity contribution in [2.45, 2.75) is 13.0 Å². The number of rotatable bonds is 2. The largest absolute Gasteiger partial charge is 0.346 e. The summed E-state index contributed by atoms with van der Waals surface area (Å²) in [7, 11) is 1.90. The van der Waals surface area contributed by atoms with Crippen molar-refractivity contribution < 1.29 is 0 Å². The number of aromatic nitrogens is 3. The number of benzene rings is 1.